The molecule has 0 spiro atoms. The third kappa shape index (κ3) is 4.93. The minimum absolute atomic E-state index is 0.0304. The zero-order valence-electron chi connectivity index (χ0n) is 16.7. The maximum atomic E-state index is 12.7. The number of anilines is 1. The number of carbonyl (C=O) groups excluding carboxylic acids is 2. The Morgan fingerprint density at radius 3 is 2.29 bits per heavy atom. The van der Waals surface area contributed by atoms with Crippen molar-refractivity contribution in [2.75, 3.05) is 18.4 Å². The lowest BCUT2D eigenvalue weighted by Gasteiger charge is -2.32. The molecule has 2 aromatic carbocycles. The van der Waals surface area contributed by atoms with Gasteiger partial charge in [0.25, 0.3) is 5.91 Å². The van der Waals surface area contributed by atoms with Crippen LogP contribution in [-0.4, -0.2) is 29.8 Å². The predicted octanol–water partition coefficient (Wildman–Crippen LogP) is 5.13. The molecule has 1 atom stereocenters. The van der Waals surface area contributed by atoms with Gasteiger partial charge >= 0.3 is 0 Å². The molecular weight excluding hydrogens is 372 g/mol. The monoisotopic (exact) mass is 398 g/mol. The van der Waals surface area contributed by atoms with Crippen LogP contribution in [0.15, 0.2) is 48.5 Å². The van der Waals surface area contributed by atoms with Crippen molar-refractivity contribution < 1.29 is 9.59 Å². The number of benzene rings is 2. The lowest BCUT2D eigenvalue weighted by molar-refractivity contribution is -0.121. The van der Waals surface area contributed by atoms with Gasteiger partial charge in [0.15, 0.2) is 0 Å². The van der Waals surface area contributed by atoms with Gasteiger partial charge in [-0.15, -0.1) is 0 Å². The van der Waals surface area contributed by atoms with Crippen LogP contribution in [0.4, 0.5) is 5.69 Å². The molecule has 0 radical (unpaired) electrons. The number of halogens is 1. The molecule has 148 valence electrons. The molecule has 0 aromatic heterocycles. The molecule has 1 N–H and O–H groups in total. The molecule has 28 heavy (non-hydrogen) atoms. The molecule has 1 aliphatic heterocycles. The Kier molecular flexibility index (Phi) is 6.09. The van der Waals surface area contributed by atoms with Crippen LogP contribution in [0, 0.1) is 5.92 Å². The molecule has 5 heteroatoms. The Morgan fingerprint density at radius 2 is 1.68 bits per heavy atom. The highest BCUT2D eigenvalue weighted by Gasteiger charge is 2.29. The highest BCUT2D eigenvalue weighted by atomic mass is 35.5. The van der Waals surface area contributed by atoms with Gasteiger partial charge in [-0.1, -0.05) is 44.5 Å². The lowest BCUT2D eigenvalue weighted by atomic mass is 9.87. The number of amides is 2. The van der Waals surface area contributed by atoms with E-state index in [4.69, 9.17) is 11.6 Å². The number of likely N-dealkylation sites (tertiary alicyclic amines) is 1. The highest BCUT2D eigenvalue weighted by Crippen LogP contribution is 2.25. The summed E-state index contributed by atoms with van der Waals surface area (Å²) in [6.45, 7) is 7.59. The van der Waals surface area contributed by atoms with Crippen molar-refractivity contribution in [1.82, 2.24) is 4.90 Å². The summed E-state index contributed by atoms with van der Waals surface area (Å²) in [6.07, 6.45) is 1.61. The van der Waals surface area contributed by atoms with Crippen molar-refractivity contribution in [2.24, 2.45) is 5.92 Å². The molecule has 1 aliphatic rings. The van der Waals surface area contributed by atoms with E-state index in [0.717, 1.165) is 18.5 Å². The Labute approximate surface area is 171 Å². The molecule has 1 fully saturated rings. The van der Waals surface area contributed by atoms with Crippen LogP contribution >= 0.6 is 11.6 Å². The molecule has 1 unspecified atom stereocenters. The van der Waals surface area contributed by atoms with Crippen LogP contribution in [0.5, 0.6) is 0 Å². The molecule has 1 heterocycles. The first-order valence-corrected chi connectivity index (χ1v) is 10.1. The summed E-state index contributed by atoms with van der Waals surface area (Å²) < 4.78 is 0. The molecule has 1 saturated heterocycles. The minimum atomic E-state index is -0.202. The smallest absolute Gasteiger partial charge is 0.253 e. The van der Waals surface area contributed by atoms with Crippen molar-refractivity contribution >= 4 is 29.1 Å². The van der Waals surface area contributed by atoms with Gasteiger partial charge in [0.2, 0.25) is 5.91 Å². The summed E-state index contributed by atoms with van der Waals surface area (Å²) in [5, 5.41) is 3.60. The van der Waals surface area contributed by atoms with Gasteiger partial charge in [0, 0.05) is 29.4 Å². The van der Waals surface area contributed by atoms with Gasteiger partial charge in [-0.05, 0) is 60.2 Å². The average molecular weight is 399 g/mol. The minimum Gasteiger partial charge on any atom is -0.338 e. The topological polar surface area (TPSA) is 49.4 Å². The maximum absolute atomic E-state index is 12.7. The van der Waals surface area contributed by atoms with E-state index in [-0.39, 0.29) is 23.1 Å². The highest BCUT2D eigenvalue weighted by molar-refractivity contribution is 6.30. The fourth-order valence-electron chi connectivity index (χ4n) is 3.45. The summed E-state index contributed by atoms with van der Waals surface area (Å²) in [7, 11) is 0. The molecule has 2 amide bonds. The Morgan fingerprint density at radius 1 is 1.04 bits per heavy atom. The van der Waals surface area contributed by atoms with E-state index in [2.05, 4.69) is 26.1 Å². The summed E-state index contributed by atoms with van der Waals surface area (Å²) in [6, 6.07) is 14.9. The SMILES string of the molecule is CC(C)(C)c1ccc(NC(=O)C2CCCN(C(=O)c3ccc(Cl)cc3)C2)cc1. The summed E-state index contributed by atoms with van der Waals surface area (Å²) in [5.41, 5.74) is 2.69. The Bertz CT molecular complexity index is 838. The number of piperidine rings is 1. The average Bonchev–Trinajstić information content (AvgIpc) is 2.68. The van der Waals surface area contributed by atoms with E-state index in [0.29, 0.717) is 23.7 Å². The Hall–Kier alpha value is -2.33. The second-order valence-electron chi connectivity index (χ2n) is 8.41. The zero-order chi connectivity index (χ0) is 20.3. The second kappa shape index (κ2) is 8.36. The van der Waals surface area contributed by atoms with Crippen molar-refractivity contribution in [3.63, 3.8) is 0 Å². The van der Waals surface area contributed by atoms with E-state index in [1.54, 1.807) is 29.2 Å². The molecule has 3 rings (SSSR count). The van der Waals surface area contributed by atoms with Crippen LogP contribution in [0.3, 0.4) is 0 Å². The van der Waals surface area contributed by atoms with Gasteiger partial charge in [-0.2, -0.15) is 0 Å². The van der Waals surface area contributed by atoms with E-state index in [1.807, 2.05) is 24.3 Å². The number of nitrogens with one attached hydrogen (secondary N) is 1. The molecule has 4 nitrogen and oxygen atoms in total. The molecule has 0 bridgehead atoms. The van der Waals surface area contributed by atoms with Crippen molar-refractivity contribution in [1.29, 1.82) is 0 Å². The first-order valence-electron chi connectivity index (χ1n) is 9.70. The van der Waals surface area contributed by atoms with E-state index in [9.17, 15) is 9.59 Å². The summed E-state index contributed by atoms with van der Waals surface area (Å²) in [4.78, 5) is 27.2. The first kappa shape index (κ1) is 20.4. The standard InChI is InChI=1S/C23H27ClN2O2/c1-23(2,3)18-8-12-20(13-9-18)25-21(27)17-5-4-14-26(15-17)22(28)16-6-10-19(24)11-7-16/h6-13,17H,4-5,14-15H2,1-3H3,(H,25,27). The predicted molar refractivity (Wildman–Crippen MR) is 114 cm³/mol. The van der Waals surface area contributed by atoms with Crippen molar-refractivity contribution in [3.8, 4) is 0 Å². The third-order valence-electron chi connectivity index (χ3n) is 5.19. The summed E-state index contributed by atoms with van der Waals surface area (Å²) >= 11 is 5.90. The van der Waals surface area contributed by atoms with Crippen LogP contribution in [0.1, 0.15) is 49.5 Å². The van der Waals surface area contributed by atoms with Crippen LogP contribution in [-0.2, 0) is 10.2 Å². The second-order valence-corrected chi connectivity index (χ2v) is 8.85. The molecular formula is C23H27ClN2O2. The van der Waals surface area contributed by atoms with Crippen molar-refractivity contribution in [3.05, 3.63) is 64.7 Å². The number of carbonyl (C=O) groups is 2. The van der Waals surface area contributed by atoms with Gasteiger partial charge in [0.1, 0.15) is 0 Å². The Balaban J connectivity index is 1.62. The van der Waals surface area contributed by atoms with Crippen LogP contribution in [0.2, 0.25) is 5.02 Å². The number of hydrogen-bond acceptors (Lipinski definition) is 2. The summed E-state index contributed by atoms with van der Waals surface area (Å²) in [5.74, 6) is -0.284. The fraction of sp³-hybridized carbons (Fsp3) is 0.391. The zero-order valence-corrected chi connectivity index (χ0v) is 17.4. The van der Waals surface area contributed by atoms with Crippen LogP contribution < -0.4 is 5.32 Å². The largest absolute Gasteiger partial charge is 0.338 e. The quantitative estimate of drug-likeness (QED) is 0.779. The number of hydrogen-bond donors (Lipinski definition) is 1. The van der Waals surface area contributed by atoms with E-state index >= 15 is 0 Å². The van der Waals surface area contributed by atoms with Gasteiger partial charge in [-0.3, -0.25) is 9.59 Å². The third-order valence-corrected chi connectivity index (χ3v) is 5.44. The van der Waals surface area contributed by atoms with Gasteiger partial charge in [0.05, 0.1) is 5.92 Å². The normalized spacial score (nSPS) is 17.3. The van der Waals surface area contributed by atoms with E-state index in [1.165, 1.54) is 5.56 Å². The lowest BCUT2D eigenvalue weighted by Crippen LogP contribution is -2.43. The maximum Gasteiger partial charge on any atom is 0.253 e. The number of rotatable bonds is 3. The molecule has 2 aromatic rings. The van der Waals surface area contributed by atoms with Crippen molar-refractivity contribution in [2.45, 2.75) is 39.0 Å². The first-order chi connectivity index (χ1) is 13.2. The van der Waals surface area contributed by atoms with Crippen LogP contribution in [0.25, 0.3) is 0 Å². The molecule has 0 aliphatic carbocycles. The van der Waals surface area contributed by atoms with Gasteiger partial charge < -0.3 is 10.2 Å². The fourth-order valence-corrected chi connectivity index (χ4v) is 3.57. The van der Waals surface area contributed by atoms with E-state index < -0.39 is 0 Å². The number of nitrogens with zero attached hydrogens (tertiary/aromatic N) is 1. The molecule has 0 saturated carbocycles. The van der Waals surface area contributed by atoms with Gasteiger partial charge in [-0.25, -0.2) is 0 Å².